The Morgan fingerprint density at radius 3 is 2.41 bits per heavy atom. The number of anilines is 3. The van der Waals surface area contributed by atoms with Crippen molar-refractivity contribution in [2.45, 2.75) is 6.92 Å². The van der Waals surface area contributed by atoms with Gasteiger partial charge in [-0.05, 0) is 48.9 Å². The maximum absolute atomic E-state index is 13.5. The van der Waals surface area contributed by atoms with Crippen LogP contribution in [0.4, 0.5) is 25.8 Å². The minimum absolute atomic E-state index is 0.284. The number of benzene rings is 2. The van der Waals surface area contributed by atoms with Gasteiger partial charge in [-0.15, -0.1) is 0 Å². The Hall–Kier alpha value is -2.10. The molecule has 0 aliphatic rings. The summed E-state index contributed by atoms with van der Waals surface area (Å²) in [5, 5.41) is 2.87. The zero-order valence-electron chi connectivity index (χ0n) is 9.30. The quantitative estimate of drug-likeness (QED) is 0.779. The van der Waals surface area contributed by atoms with Crippen molar-refractivity contribution in [3.63, 3.8) is 0 Å². The van der Waals surface area contributed by atoms with E-state index in [0.717, 1.165) is 0 Å². The van der Waals surface area contributed by atoms with Gasteiger partial charge in [-0.2, -0.15) is 0 Å². The summed E-state index contributed by atoms with van der Waals surface area (Å²) in [6.07, 6.45) is 0. The molecule has 4 heteroatoms. The van der Waals surface area contributed by atoms with E-state index in [2.05, 4.69) is 5.32 Å². The average Bonchev–Trinajstić information content (AvgIpc) is 2.27. The van der Waals surface area contributed by atoms with Crippen LogP contribution in [0.25, 0.3) is 0 Å². The van der Waals surface area contributed by atoms with Crippen LogP contribution in [0.5, 0.6) is 0 Å². The van der Waals surface area contributed by atoms with Gasteiger partial charge in [0.15, 0.2) is 0 Å². The number of rotatable bonds is 2. The van der Waals surface area contributed by atoms with Crippen molar-refractivity contribution in [1.82, 2.24) is 0 Å². The molecule has 88 valence electrons. The third-order valence-electron chi connectivity index (χ3n) is 2.43. The van der Waals surface area contributed by atoms with Crippen LogP contribution in [-0.2, 0) is 0 Å². The van der Waals surface area contributed by atoms with Gasteiger partial charge in [0.25, 0.3) is 0 Å². The summed E-state index contributed by atoms with van der Waals surface area (Å²) in [4.78, 5) is 0. The summed E-state index contributed by atoms with van der Waals surface area (Å²) < 4.78 is 26.6. The molecule has 0 heterocycles. The number of halogens is 2. The predicted octanol–water partition coefficient (Wildman–Crippen LogP) is 3.60. The number of nitrogens with two attached hydrogens (primary N) is 1. The second kappa shape index (κ2) is 4.41. The van der Waals surface area contributed by atoms with E-state index in [1.54, 1.807) is 31.2 Å². The van der Waals surface area contributed by atoms with Crippen LogP contribution in [0.1, 0.15) is 5.56 Å². The second-order valence-corrected chi connectivity index (χ2v) is 3.83. The molecule has 0 atom stereocenters. The van der Waals surface area contributed by atoms with Gasteiger partial charge in [0.05, 0.1) is 5.69 Å². The van der Waals surface area contributed by atoms with Crippen molar-refractivity contribution in [1.29, 1.82) is 0 Å². The smallest absolute Gasteiger partial charge is 0.148 e. The molecule has 2 aromatic rings. The molecule has 0 saturated heterocycles. The van der Waals surface area contributed by atoms with Crippen LogP contribution in [0, 0.1) is 18.6 Å². The molecule has 0 aliphatic heterocycles. The van der Waals surface area contributed by atoms with Crippen molar-refractivity contribution in [3.8, 4) is 0 Å². The molecule has 0 amide bonds. The lowest BCUT2D eigenvalue weighted by atomic mass is 10.2. The van der Waals surface area contributed by atoms with E-state index in [1.165, 1.54) is 12.1 Å². The predicted molar refractivity (Wildman–Crippen MR) is 65.2 cm³/mol. The molecule has 0 aromatic heterocycles. The van der Waals surface area contributed by atoms with Crippen LogP contribution < -0.4 is 11.1 Å². The first kappa shape index (κ1) is 11.4. The molecule has 0 radical (unpaired) electrons. The number of nitrogen functional groups attached to an aromatic ring is 1. The molecule has 0 fully saturated rings. The van der Waals surface area contributed by atoms with Crippen LogP contribution in [0.2, 0.25) is 0 Å². The maximum atomic E-state index is 13.5. The molecular weight excluding hydrogens is 222 g/mol. The van der Waals surface area contributed by atoms with Gasteiger partial charge in [-0.25, -0.2) is 8.78 Å². The SMILES string of the molecule is Cc1cc(Nc2ccc(N)cc2F)ccc1F. The number of hydrogen-bond donors (Lipinski definition) is 2. The van der Waals surface area contributed by atoms with E-state index < -0.39 is 5.82 Å². The van der Waals surface area contributed by atoms with Gasteiger partial charge in [-0.1, -0.05) is 0 Å². The fraction of sp³-hybridized carbons (Fsp3) is 0.0769. The largest absolute Gasteiger partial charge is 0.399 e. The lowest BCUT2D eigenvalue weighted by Crippen LogP contribution is -1.96. The fourth-order valence-corrected chi connectivity index (χ4v) is 1.51. The topological polar surface area (TPSA) is 38.0 Å². The Balaban J connectivity index is 2.28. The first-order valence-corrected chi connectivity index (χ1v) is 5.14. The van der Waals surface area contributed by atoms with Gasteiger partial charge < -0.3 is 11.1 Å². The molecule has 0 bridgehead atoms. The lowest BCUT2D eigenvalue weighted by molar-refractivity contribution is 0.618. The highest BCUT2D eigenvalue weighted by atomic mass is 19.1. The summed E-state index contributed by atoms with van der Waals surface area (Å²) in [7, 11) is 0. The fourth-order valence-electron chi connectivity index (χ4n) is 1.51. The summed E-state index contributed by atoms with van der Waals surface area (Å²) in [6.45, 7) is 1.65. The number of hydrogen-bond acceptors (Lipinski definition) is 2. The highest BCUT2D eigenvalue weighted by Crippen LogP contribution is 2.23. The standard InChI is InChI=1S/C13H12F2N2/c1-8-6-10(3-4-11(8)14)17-13-5-2-9(16)7-12(13)15/h2-7,17H,16H2,1H3. The van der Waals surface area contributed by atoms with Crippen LogP contribution in [0.3, 0.4) is 0 Å². The van der Waals surface area contributed by atoms with E-state index in [-0.39, 0.29) is 5.82 Å². The summed E-state index contributed by atoms with van der Waals surface area (Å²) in [6, 6.07) is 8.89. The third-order valence-corrected chi connectivity index (χ3v) is 2.43. The van der Waals surface area contributed by atoms with Crippen LogP contribution in [0.15, 0.2) is 36.4 Å². The van der Waals surface area contributed by atoms with Crippen LogP contribution >= 0.6 is 0 Å². The molecule has 17 heavy (non-hydrogen) atoms. The Morgan fingerprint density at radius 2 is 1.76 bits per heavy atom. The van der Waals surface area contributed by atoms with E-state index in [4.69, 9.17) is 5.73 Å². The zero-order valence-corrected chi connectivity index (χ0v) is 9.30. The Morgan fingerprint density at radius 1 is 1.00 bits per heavy atom. The Kier molecular flexibility index (Phi) is 2.95. The van der Waals surface area contributed by atoms with Crippen molar-refractivity contribution < 1.29 is 8.78 Å². The van der Waals surface area contributed by atoms with Crippen molar-refractivity contribution in [2.24, 2.45) is 0 Å². The van der Waals surface area contributed by atoms with E-state index in [1.807, 2.05) is 0 Å². The normalized spacial score (nSPS) is 10.3. The third kappa shape index (κ3) is 2.53. The van der Waals surface area contributed by atoms with Gasteiger partial charge in [0.1, 0.15) is 11.6 Å². The van der Waals surface area contributed by atoms with Gasteiger partial charge in [-0.3, -0.25) is 0 Å². The molecule has 0 unspecified atom stereocenters. The first-order valence-electron chi connectivity index (χ1n) is 5.14. The average molecular weight is 234 g/mol. The minimum atomic E-state index is -0.438. The van der Waals surface area contributed by atoms with E-state index >= 15 is 0 Å². The van der Waals surface area contributed by atoms with E-state index in [0.29, 0.717) is 22.6 Å². The lowest BCUT2D eigenvalue weighted by Gasteiger charge is -2.09. The zero-order chi connectivity index (χ0) is 12.4. The molecule has 0 spiro atoms. The molecule has 2 aromatic carbocycles. The second-order valence-electron chi connectivity index (χ2n) is 3.83. The molecule has 2 nitrogen and oxygen atoms in total. The first-order chi connectivity index (χ1) is 8.06. The monoisotopic (exact) mass is 234 g/mol. The summed E-state index contributed by atoms with van der Waals surface area (Å²) in [5.74, 6) is -0.722. The highest BCUT2D eigenvalue weighted by molar-refractivity contribution is 5.63. The molecule has 0 aliphatic carbocycles. The van der Waals surface area contributed by atoms with Crippen molar-refractivity contribution >= 4 is 17.1 Å². The maximum Gasteiger partial charge on any atom is 0.148 e. The van der Waals surface area contributed by atoms with Gasteiger partial charge in [0.2, 0.25) is 0 Å². The highest BCUT2D eigenvalue weighted by Gasteiger charge is 2.04. The molecule has 0 saturated carbocycles. The Bertz CT molecular complexity index is 553. The Labute approximate surface area is 98.1 Å². The molecular formula is C13H12F2N2. The summed E-state index contributed by atoms with van der Waals surface area (Å²) >= 11 is 0. The molecule has 3 N–H and O–H groups in total. The van der Waals surface area contributed by atoms with Gasteiger partial charge >= 0.3 is 0 Å². The summed E-state index contributed by atoms with van der Waals surface area (Å²) in [5.41, 5.74) is 7.26. The number of aryl methyl sites for hydroxylation is 1. The van der Waals surface area contributed by atoms with Crippen LogP contribution in [-0.4, -0.2) is 0 Å². The molecule has 2 rings (SSSR count). The number of nitrogens with one attached hydrogen (secondary N) is 1. The minimum Gasteiger partial charge on any atom is -0.399 e. The van der Waals surface area contributed by atoms with Crippen molar-refractivity contribution in [3.05, 3.63) is 53.6 Å². The van der Waals surface area contributed by atoms with E-state index in [9.17, 15) is 8.78 Å². The van der Waals surface area contributed by atoms with Crippen molar-refractivity contribution in [2.75, 3.05) is 11.1 Å². The van der Waals surface area contributed by atoms with Gasteiger partial charge in [0, 0.05) is 11.4 Å².